The smallest absolute Gasteiger partial charge is 0.191 e. The molecule has 0 atom stereocenters. The molecule has 0 aliphatic carbocycles. The number of anilines is 1. The molecule has 2 heterocycles. The number of pyridine rings is 1. The van der Waals surface area contributed by atoms with Crippen LogP contribution < -0.4 is 10.6 Å². The van der Waals surface area contributed by atoms with Gasteiger partial charge in [-0.05, 0) is 26.0 Å². The number of guanidine groups is 1. The molecule has 1 aliphatic rings. The van der Waals surface area contributed by atoms with Gasteiger partial charge in [-0.15, -0.1) is 0 Å². The summed E-state index contributed by atoms with van der Waals surface area (Å²) in [5, 5.41) is 0. The van der Waals surface area contributed by atoms with Crippen LogP contribution in [0.5, 0.6) is 0 Å². The highest BCUT2D eigenvalue weighted by atomic mass is 15.3. The van der Waals surface area contributed by atoms with Crippen LogP contribution in [-0.2, 0) is 0 Å². The van der Waals surface area contributed by atoms with Gasteiger partial charge in [0.15, 0.2) is 5.96 Å². The molecule has 1 aromatic rings. The summed E-state index contributed by atoms with van der Waals surface area (Å²) in [4.78, 5) is 13.2. The van der Waals surface area contributed by atoms with Crippen molar-refractivity contribution in [3.8, 4) is 0 Å². The number of rotatable bonds is 2. The number of nitrogens with zero attached hydrogens (tertiary/aromatic N) is 4. The highest BCUT2D eigenvalue weighted by molar-refractivity contribution is 5.78. The van der Waals surface area contributed by atoms with E-state index in [2.05, 4.69) is 19.8 Å². The first-order chi connectivity index (χ1) is 8.66. The molecule has 1 aliphatic heterocycles. The van der Waals surface area contributed by atoms with Gasteiger partial charge >= 0.3 is 0 Å². The number of aromatic nitrogens is 1. The summed E-state index contributed by atoms with van der Waals surface area (Å²) in [6, 6.07) is 6.25. The number of hydrogen-bond acceptors (Lipinski definition) is 3. The summed E-state index contributed by atoms with van der Waals surface area (Å²) in [5.74, 6) is 1.70. The predicted molar refractivity (Wildman–Crippen MR) is 74.8 cm³/mol. The van der Waals surface area contributed by atoms with Gasteiger partial charge in [0.1, 0.15) is 5.82 Å². The molecule has 5 heteroatoms. The molecule has 98 valence electrons. The highest BCUT2D eigenvalue weighted by Gasteiger charge is 2.19. The molecule has 2 N–H and O–H groups in total. The first-order valence-corrected chi connectivity index (χ1v) is 6.41. The van der Waals surface area contributed by atoms with Crippen LogP contribution in [0.2, 0.25) is 0 Å². The number of hydrogen-bond donors (Lipinski definition) is 1. The van der Waals surface area contributed by atoms with Gasteiger partial charge in [-0.2, -0.15) is 0 Å². The molecule has 18 heavy (non-hydrogen) atoms. The lowest BCUT2D eigenvalue weighted by atomic mass is 10.3. The zero-order chi connectivity index (χ0) is 13.0. The third-order valence-corrected chi connectivity index (χ3v) is 2.97. The average Bonchev–Trinajstić information content (AvgIpc) is 2.39. The summed E-state index contributed by atoms with van der Waals surface area (Å²) in [6.07, 6.45) is 1.83. The van der Waals surface area contributed by atoms with E-state index in [-0.39, 0.29) is 6.04 Å². The maximum atomic E-state index is 5.98. The van der Waals surface area contributed by atoms with E-state index >= 15 is 0 Å². The number of piperazine rings is 1. The maximum absolute atomic E-state index is 5.98. The maximum Gasteiger partial charge on any atom is 0.191 e. The normalized spacial score (nSPS) is 17.4. The summed E-state index contributed by atoms with van der Waals surface area (Å²) >= 11 is 0. The van der Waals surface area contributed by atoms with Gasteiger partial charge in [-0.3, -0.25) is 4.99 Å². The minimum atomic E-state index is 0.249. The molecule has 1 saturated heterocycles. The Balaban J connectivity index is 1.92. The lowest BCUT2D eigenvalue weighted by molar-refractivity contribution is 0.378. The van der Waals surface area contributed by atoms with E-state index in [1.807, 2.05) is 38.2 Å². The molecule has 0 amide bonds. The van der Waals surface area contributed by atoms with Crippen LogP contribution in [0.1, 0.15) is 13.8 Å². The van der Waals surface area contributed by atoms with Gasteiger partial charge in [-0.1, -0.05) is 6.07 Å². The Morgan fingerprint density at radius 1 is 1.28 bits per heavy atom. The first-order valence-electron chi connectivity index (χ1n) is 6.41. The molecule has 0 spiro atoms. The lowest BCUT2D eigenvalue weighted by Gasteiger charge is -2.36. The summed E-state index contributed by atoms with van der Waals surface area (Å²) in [6.45, 7) is 7.75. The van der Waals surface area contributed by atoms with Crippen LogP contribution in [0, 0.1) is 0 Å². The number of aliphatic imine (C=N–C) groups is 1. The third kappa shape index (κ3) is 3.12. The Labute approximate surface area is 108 Å². The van der Waals surface area contributed by atoms with E-state index in [1.54, 1.807) is 0 Å². The summed E-state index contributed by atoms with van der Waals surface area (Å²) in [5.41, 5.74) is 5.98. The molecule has 2 rings (SSSR count). The van der Waals surface area contributed by atoms with Crippen LogP contribution in [0.3, 0.4) is 0 Å². The molecular weight excluding hydrogens is 226 g/mol. The van der Waals surface area contributed by atoms with Crippen molar-refractivity contribution in [1.82, 2.24) is 9.88 Å². The van der Waals surface area contributed by atoms with Gasteiger partial charge in [-0.25, -0.2) is 4.98 Å². The Hall–Kier alpha value is -1.78. The first kappa shape index (κ1) is 12.7. The van der Waals surface area contributed by atoms with E-state index in [0.29, 0.717) is 5.96 Å². The van der Waals surface area contributed by atoms with Crippen LogP contribution in [0.4, 0.5) is 5.82 Å². The Kier molecular flexibility index (Phi) is 4.02. The second-order valence-electron chi connectivity index (χ2n) is 4.74. The van der Waals surface area contributed by atoms with Crippen molar-refractivity contribution in [2.45, 2.75) is 19.9 Å². The predicted octanol–water partition coefficient (Wildman–Crippen LogP) is 0.927. The molecule has 1 fully saturated rings. The molecule has 5 nitrogen and oxygen atoms in total. The van der Waals surface area contributed by atoms with Gasteiger partial charge < -0.3 is 15.5 Å². The second kappa shape index (κ2) is 5.71. The van der Waals surface area contributed by atoms with Crippen LogP contribution in [0.25, 0.3) is 0 Å². The van der Waals surface area contributed by atoms with Gasteiger partial charge in [0.2, 0.25) is 0 Å². The molecule has 0 saturated carbocycles. The molecule has 0 bridgehead atoms. The van der Waals surface area contributed by atoms with Gasteiger partial charge in [0.25, 0.3) is 0 Å². The van der Waals surface area contributed by atoms with Crippen LogP contribution >= 0.6 is 0 Å². The van der Waals surface area contributed by atoms with Crippen molar-refractivity contribution in [3.05, 3.63) is 24.4 Å². The number of nitrogens with two attached hydrogens (primary N) is 1. The highest BCUT2D eigenvalue weighted by Crippen LogP contribution is 2.12. The van der Waals surface area contributed by atoms with E-state index in [4.69, 9.17) is 5.73 Å². The molecule has 0 radical (unpaired) electrons. The zero-order valence-electron chi connectivity index (χ0n) is 11.1. The molecule has 0 unspecified atom stereocenters. The molecule has 1 aromatic heterocycles. The molecular formula is C13H21N5. The van der Waals surface area contributed by atoms with Crippen molar-refractivity contribution in [3.63, 3.8) is 0 Å². The van der Waals surface area contributed by atoms with Gasteiger partial charge in [0.05, 0.1) is 0 Å². The Bertz CT molecular complexity index is 393. The van der Waals surface area contributed by atoms with E-state index < -0.39 is 0 Å². The van der Waals surface area contributed by atoms with Crippen molar-refractivity contribution in [2.24, 2.45) is 10.7 Å². The minimum absolute atomic E-state index is 0.249. The van der Waals surface area contributed by atoms with E-state index in [0.717, 1.165) is 32.0 Å². The largest absolute Gasteiger partial charge is 0.370 e. The SMILES string of the molecule is CC(C)N=C(N)N1CCN(c2ccccn2)CC1. The fourth-order valence-corrected chi connectivity index (χ4v) is 2.05. The summed E-state index contributed by atoms with van der Waals surface area (Å²) in [7, 11) is 0. The van der Waals surface area contributed by atoms with Crippen LogP contribution in [-0.4, -0.2) is 48.1 Å². The van der Waals surface area contributed by atoms with Crippen molar-refractivity contribution in [1.29, 1.82) is 0 Å². The van der Waals surface area contributed by atoms with E-state index in [9.17, 15) is 0 Å². The van der Waals surface area contributed by atoms with Crippen molar-refractivity contribution in [2.75, 3.05) is 31.1 Å². The van der Waals surface area contributed by atoms with E-state index in [1.165, 1.54) is 0 Å². The summed E-state index contributed by atoms with van der Waals surface area (Å²) < 4.78 is 0. The van der Waals surface area contributed by atoms with Crippen molar-refractivity contribution < 1.29 is 0 Å². The lowest BCUT2D eigenvalue weighted by Crippen LogP contribution is -2.51. The quantitative estimate of drug-likeness (QED) is 0.624. The van der Waals surface area contributed by atoms with Gasteiger partial charge in [0, 0.05) is 38.4 Å². The average molecular weight is 247 g/mol. The standard InChI is InChI=1S/C13H21N5/c1-11(2)16-13(14)18-9-7-17(8-10-18)12-5-3-4-6-15-12/h3-6,11H,7-10H2,1-2H3,(H2,14,16). The fourth-order valence-electron chi connectivity index (χ4n) is 2.05. The minimum Gasteiger partial charge on any atom is -0.370 e. The van der Waals surface area contributed by atoms with Crippen molar-refractivity contribution >= 4 is 11.8 Å². The Morgan fingerprint density at radius 3 is 2.56 bits per heavy atom. The fraction of sp³-hybridized carbons (Fsp3) is 0.538. The monoisotopic (exact) mass is 247 g/mol. The second-order valence-corrected chi connectivity index (χ2v) is 4.74. The van der Waals surface area contributed by atoms with Crippen LogP contribution in [0.15, 0.2) is 29.4 Å². The molecule has 0 aromatic carbocycles. The topological polar surface area (TPSA) is 57.8 Å². The zero-order valence-corrected chi connectivity index (χ0v) is 11.1. The third-order valence-electron chi connectivity index (χ3n) is 2.97. The Morgan fingerprint density at radius 2 is 2.00 bits per heavy atom.